The second-order valence-electron chi connectivity index (χ2n) is 5.90. The smallest absolute Gasteiger partial charge is 0.305 e. The van der Waals surface area contributed by atoms with Crippen LogP contribution in [0.25, 0.3) is 0 Å². The average molecular weight is 281 g/mol. The lowest BCUT2D eigenvalue weighted by atomic mass is 9.95. The van der Waals surface area contributed by atoms with Crippen LogP contribution in [-0.2, 0) is 9.59 Å². The van der Waals surface area contributed by atoms with Crippen molar-refractivity contribution in [1.29, 1.82) is 0 Å². The molecule has 0 heterocycles. The van der Waals surface area contributed by atoms with E-state index in [9.17, 15) is 9.59 Å². The first-order chi connectivity index (χ1) is 9.50. The van der Waals surface area contributed by atoms with Crippen LogP contribution in [0.15, 0.2) is 11.6 Å². The molecule has 1 N–H and O–H groups in total. The fraction of sp³-hybridized carbons (Fsp3) is 0.750. The lowest BCUT2D eigenvalue weighted by Gasteiger charge is -2.32. The summed E-state index contributed by atoms with van der Waals surface area (Å²) in [5.41, 5.74) is 0.959. The summed E-state index contributed by atoms with van der Waals surface area (Å²) in [5.74, 6) is -0.873. The predicted octanol–water partition coefficient (Wildman–Crippen LogP) is 3.37. The van der Waals surface area contributed by atoms with E-state index < -0.39 is 5.97 Å². The molecule has 0 bridgehead atoms. The fourth-order valence-corrected chi connectivity index (χ4v) is 2.76. The molecular formula is C16H27NO3. The van der Waals surface area contributed by atoms with Gasteiger partial charge in [0.1, 0.15) is 0 Å². The van der Waals surface area contributed by atoms with E-state index in [-0.39, 0.29) is 18.4 Å². The largest absolute Gasteiger partial charge is 0.481 e. The van der Waals surface area contributed by atoms with Gasteiger partial charge in [-0.15, -0.1) is 0 Å². The predicted molar refractivity (Wildman–Crippen MR) is 79.5 cm³/mol. The van der Waals surface area contributed by atoms with Crippen LogP contribution in [0.3, 0.4) is 0 Å². The number of hydrogen-bond donors (Lipinski definition) is 1. The maximum absolute atomic E-state index is 12.3. The molecule has 0 aliphatic heterocycles. The van der Waals surface area contributed by atoms with Crippen LogP contribution in [0, 0.1) is 0 Å². The normalized spacial score (nSPS) is 16.9. The highest BCUT2D eigenvalue weighted by Gasteiger charge is 2.23. The first-order valence-electron chi connectivity index (χ1n) is 7.68. The molecule has 1 aliphatic carbocycles. The van der Waals surface area contributed by atoms with Gasteiger partial charge in [-0.2, -0.15) is 0 Å². The molecule has 20 heavy (non-hydrogen) atoms. The third-order valence-electron chi connectivity index (χ3n) is 3.78. The van der Waals surface area contributed by atoms with Crippen molar-refractivity contribution in [3.05, 3.63) is 11.6 Å². The van der Waals surface area contributed by atoms with Crippen molar-refractivity contribution in [3.8, 4) is 0 Å². The highest BCUT2D eigenvalue weighted by molar-refractivity contribution is 5.88. The van der Waals surface area contributed by atoms with Crippen molar-refractivity contribution in [2.75, 3.05) is 6.54 Å². The molecule has 0 spiro atoms. The summed E-state index contributed by atoms with van der Waals surface area (Å²) in [4.78, 5) is 24.9. The number of aliphatic carboxylic acids is 1. The second-order valence-corrected chi connectivity index (χ2v) is 5.90. The lowest BCUT2D eigenvalue weighted by Crippen LogP contribution is -2.41. The maximum Gasteiger partial charge on any atom is 0.305 e. The Morgan fingerprint density at radius 3 is 2.15 bits per heavy atom. The molecule has 0 unspecified atom stereocenters. The van der Waals surface area contributed by atoms with Gasteiger partial charge in [0.25, 0.3) is 0 Å². The van der Waals surface area contributed by atoms with Crippen LogP contribution >= 0.6 is 0 Å². The Morgan fingerprint density at radius 2 is 1.65 bits per heavy atom. The van der Waals surface area contributed by atoms with E-state index in [4.69, 9.17) is 5.11 Å². The number of carboxylic acid groups (broad SMARTS) is 1. The van der Waals surface area contributed by atoms with Gasteiger partial charge in [-0.1, -0.05) is 37.7 Å². The van der Waals surface area contributed by atoms with Gasteiger partial charge in [0.15, 0.2) is 0 Å². The fourth-order valence-electron chi connectivity index (χ4n) is 2.76. The molecular weight excluding hydrogens is 254 g/mol. The summed E-state index contributed by atoms with van der Waals surface area (Å²) in [6, 6.07) is 0.206. The summed E-state index contributed by atoms with van der Waals surface area (Å²) in [6.07, 6.45) is 9.65. The highest BCUT2D eigenvalue weighted by atomic mass is 16.4. The Hall–Kier alpha value is -1.32. The highest BCUT2D eigenvalue weighted by Crippen LogP contribution is 2.22. The zero-order chi connectivity index (χ0) is 15.0. The Labute approximate surface area is 121 Å². The minimum Gasteiger partial charge on any atom is -0.481 e. The van der Waals surface area contributed by atoms with E-state index in [1.54, 1.807) is 11.0 Å². The Kier molecular flexibility index (Phi) is 7.34. The average Bonchev–Trinajstić information content (AvgIpc) is 2.29. The zero-order valence-corrected chi connectivity index (χ0v) is 12.7. The summed E-state index contributed by atoms with van der Waals surface area (Å²) in [5, 5.41) is 8.87. The Bertz CT molecular complexity index is 351. The molecule has 0 atom stereocenters. The van der Waals surface area contributed by atoms with E-state index in [1.807, 2.05) is 13.8 Å². The van der Waals surface area contributed by atoms with Gasteiger partial charge >= 0.3 is 5.97 Å². The molecule has 0 aromatic heterocycles. The van der Waals surface area contributed by atoms with Crippen LogP contribution < -0.4 is 0 Å². The third-order valence-corrected chi connectivity index (χ3v) is 3.78. The SMILES string of the molecule is CC(C)=CC(=O)N(CCC(=O)O)C1CCCCCCC1. The quantitative estimate of drug-likeness (QED) is 0.786. The van der Waals surface area contributed by atoms with E-state index >= 15 is 0 Å². The van der Waals surface area contributed by atoms with Crippen LogP contribution in [-0.4, -0.2) is 34.5 Å². The molecule has 4 heteroatoms. The van der Waals surface area contributed by atoms with Crippen LogP contribution in [0.2, 0.25) is 0 Å². The monoisotopic (exact) mass is 281 g/mol. The molecule has 1 saturated carbocycles. The maximum atomic E-state index is 12.3. The Morgan fingerprint density at radius 1 is 1.10 bits per heavy atom. The second kappa shape index (κ2) is 8.77. The lowest BCUT2D eigenvalue weighted by molar-refractivity contribution is -0.138. The molecule has 4 nitrogen and oxygen atoms in total. The van der Waals surface area contributed by atoms with Gasteiger partial charge < -0.3 is 10.0 Å². The van der Waals surface area contributed by atoms with E-state index in [2.05, 4.69) is 0 Å². The van der Waals surface area contributed by atoms with Crippen molar-refractivity contribution < 1.29 is 14.7 Å². The molecule has 0 aromatic carbocycles. The van der Waals surface area contributed by atoms with E-state index in [1.165, 1.54) is 19.3 Å². The van der Waals surface area contributed by atoms with Gasteiger partial charge in [-0.25, -0.2) is 0 Å². The van der Waals surface area contributed by atoms with E-state index in [0.717, 1.165) is 31.3 Å². The van der Waals surface area contributed by atoms with Crippen molar-refractivity contribution in [1.82, 2.24) is 4.90 Å². The van der Waals surface area contributed by atoms with Crippen molar-refractivity contribution >= 4 is 11.9 Å². The van der Waals surface area contributed by atoms with E-state index in [0.29, 0.717) is 6.54 Å². The first kappa shape index (κ1) is 16.7. The number of allylic oxidation sites excluding steroid dienone is 1. The minimum absolute atomic E-state index is 0.0266. The summed E-state index contributed by atoms with van der Waals surface area (Å²) >= 11 is 0. The summed E-state index contributed by atoms with van der Waals surface area (Å²) in [7, 11) is 0. The molecule has 0 saturated heterocycles. The van der Waals surface area contributed by atoms with Crippen molar-refractivity contribution in [2.24, 2.45) is 0 Å². The molecule has 1 rings (SSSR count). The van der Waals surface area contributed by atoms with Gasteiger partial charge in [-0.05, 0) is 26.7 Å². The topological polar surface area (TPSA) is 57.6 Å². The number of rotatable bonds is 5. The minimum atomic E-state index is -0.842. The number of hydrogen-bond acceptors (Lipinski definition) is 2. The van der Waals surface area contributed by atoms with Gasteiger partial charge in [0.2, 0.25) is 5.91 Å². The number of amides is 1. The standard InChI is InChI=1S/C16H27NO3/c1-13(2)12-15(18)17(11-10-16(19)20)14-8-6-4-3-5-7-9-14/h12,14H,3-11H2,1-2H3,(H,19,20). The number of carboxylic acids is 1. The number of nitrogens with zero attached hydrogens (tertiary/aromatic N) is 1. The van der Waals surface area contributed by atoms with Gasteiger partial charge in [0.05, 0.1) is 6.42 Å². The summed E-state index contributed by atoms with van der Waals surface area (Å²) < 4.78 is 0. The molecule has 1 fully saturated rings. The van der Waals surface area contributed by atoms with Crippen LogP contribution in [0.5, 0.6) is 0 Å². The first-order valence-corrected chi connectivity index (χ1v) is 7.68. The number of carbonyl (C=O) groups is 2. The number of carbonyl (C=O) groups excluding carboxylic acids is 1. The zero-order valence-electron chi connectivity index (χ0n) is 12.7. The summed E-state index contributed by atoms with van der Waals surface area (Å²) in [6.45, 7) is 4.11. The van der Waals surface area contributed by atoms with Crippen LogP contribution in [0.4, 0.5) is 0 Å². The molecule has 1 amide bonds. The van der Waals surface area contributed by atoms with Gasteiger partial charge in [-0.3, -0.25) is 9.59 Å². The molecule has 0 radical (unpaired) electrons. The molecule has 1 aliphatic rings. The van der Waals surface area contributed by atoms with Gasteiger partial charge in [0, 0.05) is 18.7 Å². The third kappa shape index (κ3) is 6.22. The van der Waals surface area contributed by atoms with Crippen LogP contribution in [0.1, 0.15) is 65.2 Å². The Balaban J connectivity index is 2.74. The molecule has 114 valence electrons. The van der Waals surface area contributed by atoms with Crippen molar-refractivity contribution in [2.45, 2.75) is 71.3 Å². The van der Waals surface area contributed by atoms with Crippen molar-refractivity contribution in [3.63, 3.8) is 0 Å². The molecule has 0 aromatic rings.